The summed E-state index contributed by atoms with van der Waals surface area (Å²) in [6.45, 7) is 3.66. The van der Waals surface area contributed by atoms with Gasteiger partial charge in [0.25, 0.3) is 0 Å². The molecule has 1 N–H and O–H groups in total. The third-order valence-corrected chi connectivity index (χ3v) is 3.40. The summed E-state index contributed by atoms with van der Waals surface area (Å²) in [5.41, 5.74) is 0. The molecule has 2 fully saturated rings. The lowest BCUT2D eigenvalue weighted by Crippen LogP contribution is -2.23. The zero-order valence-electron chi connectivity index (χ0n) is 9.04. The molecule has 2 saturated heterocycles. The summed E-state index contributed by atoms with van der Waals surface area (Å²) in [4.78, 5) is 10.6. The van der Waals surface area contributed by atoms with Crippen molar-refractivity contribution in [3.63, 3.8) is 0 Å². The lowest BCUT2D eigenvalue weighted by Gasteiger charge is -2.18. The van der Waals surface area contributed by atoms with Gasteiger partial charge in [-0.05, 0) is 6.07 Å². The first-order valence-electron chi connectivity index (χ1n) is 5.62. The summed E-state index contributed by atoms with van der Waals surface area (Å²) in [5.74, 6) is 2.71. The minimum absolute atomic E-state index is 0.0996. The molecule has 3 rings (SSSR count). The number of aliphatic hydroxyl groups excluding tert-OH is 1. The van der Waals surface area contributed by atoms with Crippen molar-refractivity contribution in [3.8, 4) is 0 Å². The molecule has 5 heteroatoms. The Morgan fingerprint density at radius 2 is 2.12 bits per heavy atom. The molecule has 0 bridgehead atoms. The fourth-order valence-corrected chi connectivity index (χ4v) is 2.51. The molecule has 0 amide bonds. The van der Waals surface area contributed by atoms with E-state index in [-0.39, 0.29) is 6.61 Å². The zero-order valence-corrected chi connectivity index (χ0v) is 9.04. The molecule has 2 atom stereocenters. The van der Waals surface area contributed by atoms with Gasteiger partial charge in [0.2, 0.25) is 0 Å². The van der Waals surface area contributed by atoms with Crippen LogP contribution in [0.2, 0.25) is 0 Å². The first-order valence-corrected chi connectivity index (χ1v) is 5.62. The fourth-order valence-electron chi connectivity index (χ4n) is 2.51. The number of ether oxygens (including phenoxy) is 1. The Kier molecular flexibility index (Phi) is 2.49. The summed E-state index contributed by atoms with van der Waals surface area (Å²) in [6.07, 6.45) is 1.71. The summed E-state index contributed by atoms with van der Waals surface area (Å²) in [5, 5.41) is 9.00. The lowest BCUT2D eigenvalue weighted by atomic mass is 10.0. The Hall–Kier alpha value is -1.20. The van der Waals surface area contributed by atoms with Gasteiger partial charge in [-0.1, -0.05) is 0 Å². The molecule has 2 aliphatic heterocycles. The molecule has 16 heavy (non-hydrogen) atoms. The number of hydrogen-bond donors (Lipinski definition) is 1. The van der Waals surface area contributed by atoms with E-state index in [4.69, 9.17) is 9.84 Å². The van der Waals surface area contributed by atoms with Gasteiger partial charge < -0.3 is 14.7 Å². The fraction of sp³-hybridized carbons (Fsp3) is 0.636. The first-order chi connectivity index (χ1) is 7.86. The monoisotopic (exact) mass is 221 g/mol. The lowest BCUT2D eigenvalue weighted by molar-refractivity contribution is 0.177. The van der Waals surface area contributed by atoms with Crippen molar-refractivity contribution in [2.24, 2.45) is 11.8 Å². The molecule has 86 valence electrons. The topological polar surface area (TPSA) is 58.5 Å². The van der Waals surface area contributed by atoms with Crippen LogP contribution in [0.1, 0.15) is 5.82 Å². The van der Waals surface area contributed by atoms with Gasteiger partial charge in [-0.2, -0.15) is 0 Å². The van der Waals surface area contributed by atoms with Crippen molar-refractivity contribution < 1.29 is 9.84 Å². The van der Waals surface area contributed by atoms with Crippen LogP contribution in [0.5, 0.6) is 0 Å². The van der Waals surface area contributed by atoms with Crippen LogP contribution in [-0.2, 0) is 11.3 Å². The minimum atomic E-state index is -0.0996. The highest BCUT2D eigenvalue weighted by Gasteiger charge is 2.37. The molecule has 3 heterocycles. The van der Waals surface area contributed by atoms with Gasteiger partial charge in [-0.25, -0.2) is 9.97 Å². The predicted octanol–water partition coefficient (Wildman–Crippen LogP) is 0.0515. The normalized spacial score (nSPS) is 28.4. The molecule has 0 aromatic carbocycles. The van der Waals surface area contributed by atoms with Crippen LogP contribution in [0.25, 0.3) is 0 Å². The maximum atomic E-state index is 9.00. The van der Waals surface area contributed by atoms with Gasteiger partial charge >= 0.3 is 0 Å². The van der Waals surface area contributed by atoms with E-state index in [0.29, 0.717) is 17.7 Å². The van der Waals surface area contributed by atoms with Crippen molar-refractivity contribution in [2.75, 3.05) is 31.2 Å². The summed E-state index contributed by atoms with van der Waals surface area (Å²) < 4.78 is 5.44. The second kappa shape index (κ2) is 3.99. The van der Waals surface area contributed by atoms with E-state index in [1.54, 1.807) is 6.20 Å². The molecule has 0 saturated carbocycles. The second-order valence-electron chi connectivity index (χ2n) is 4.45. The number of rotatable bonds is 2. The van der Waals surface area contributed by atoms with Crippen LogP contribution in [0, 0.1) is 11.8 Å². The Labute approximate surface area is 94.1 Å². The van der Waals surface area contributed by atoms with Crippen LogP contribution in [0.15, 0.2) is 12.3 Å². The van der Waals surface area contributed by atoms with Gasteiger partial charge in [0.05, 0.1) is 13.2 Å². The Bertz CT molecular complexity index is 373. The molecule has 2 unspecified atom stereocenters. The SMILES string of the molecule is OCc1nccc(N2CC3COCC3C2)n1. The van der Waals surface area contributed by atoms with E-state index in [1.807, 2.05) is 6.07 Å². The molecule has 0 spiro atoms. The highest BCUT2D eigenvalue weighted by molar-refractivity contribution is 5.39. The van der Waals surface area contributed by atoms with Crippen molar-refractivity contribution in [2.45, 2.75) is 6.61 Å². The zero-order chi connectivity index (χ0) is 11.0. The van der Waals surface area contributed by atoms with Crippen LogP contribution >= 0.6 is 0 Å². The van der Waals surface area contributed by atoms with Crippen molar-refractivity contribution in [1.29, 1.82) is 0 Å². The molecule has 2 aliphatic rings. The third kappa shape index (κ3) is 1.66. The number of anilines is 1. The van der Waals surface area contributed by atoms with Crippen molar-refractivity contribution in [1.82, 2.24) is 9.97 Å². The average Bonchev–Trinajstić information content (AvgIpc) is 2.89. The standard InChI is InChI=1S/C11H15N3O2/c15-5-10-12-2-1-11(13-10)14-3-8-6-16-7-9(8)4-14/h1-2,8-9,15H,3-7H2. The smallest absolute Gasteiger partial charge is 0.156 e. The molecule has 0 radical (unpaired) electrons. The molecule has 0 aliphatic carbocycles. The first kappa shape index (κ1) is 9.99. The number of nitrogens with zero attached hydrogens (tertiary/aromatic N) is 3. The van der Waals surface area contributed by atoms with E-state index in [9.17, 15) is 0 Å². The van der Waals surface area contributed by atoms with Gasteiger partial charge in [0.1, 0.15) is 12.4 Å². The van der Waals surface area contributed by atoms with Gasteiger partial charge in [0.15, 0.2) is 5.82 Å². The summed E-state index contributed by atoms with van der Waals surface area (Å²) >= 11 is 0. The second-order valence-corrected chi connectivity index (χ2v) is 4.45. The van der Waals surface area contributed by atoms with E-state index in [0.717, 1.165) is 32.1 Å². The quantitative estimate of drug-likeness (QED) is 0.764. The Morgan fingerprint density at radius 3 is 2.81 bits per heavy atom. The number of aromatic nitrogens is 2. The summed E-state index contributed by atoms with van der Waals surface area (Å²) in [6, 6.07) is 1.90. The van der Waals surface area contributed by atoms with Gasteiger partial charge in [0, 0.05) is 31.1 Å². The van der Waals surface area contributed by atoms with Gasteiger partial charge in [-0.3, -0.25) is 0 Å². The average molecular weight is 221 g/mol. The molecule has 1 aromatic heterocycles. The summed E-state index contributed by atoms with van der Waals surface area (Å²) in [7, 11) is 0. The van der Waals surface area contributed by atoms with Crippen molar-refractivity contribution >= 4 is 5.82 Å². The Balaban J connectivity index is 1.78. The molecule has 5 nitrogen and oxygen atoms in total. The van der Waals surface area contributed by atoms with Crippen LogP contribution in [0.4, 0.5) is 5.82 Å². The van der Waals surface area contributed by atoms with E-state index in [1.165, 1.54) is 0 Å². The number of hydrogen-bond acceptors (Lipinski definition) is 5. The van der Waals surface area contributed by atoms with E-state index >= 15 is 0 Å². The maximum absolute atomic E-state index is 9.00. The van der Waals surface area contributed by atoms with E-state index < -0.39 is 0 Å². The minimum Gasteiger partial charge on any atom is -0.388 e. The highest BCUT2D eigenvalue weighted by Crippen LogP contribution is 2.31. The van der Waals surface area contributed by atoms with Crippen LogP contribution in [-0.4, -0.2) is 41.4 Å². The van der Waals surface area contributed by atoms with E-state index in [2.05, 4.69) is 14.9 Å². The Morgan fingerprint density at radius 1 is 1.38 bits per heavy atom. The van der Waals surface area contributed by atoms with Crippen molar-refractivity contribution in [3.05, 3.63) is 18.1 Å². The number of fused-ring (bicyclic) bond motifs is 1. The maximum Gasteiger partial charge on any atom is 0.156 e. The largest absolute Gasteiger partial charge is 0.388 e. The number of aliphatic hydroxyl groups is 1. The molecular formula is C11H15N3O2. The predicted molar refractivity (Wildman–Crippen MR) is 58.0 cm³/mol. The van der Waals surface area contributed by atoms with Crippen LogP contribution in [0.3, 0.4) is 0 Å². The molecule has 1 aromatic rings. The van der Waals surface area contributed by atoms with Gasteiger partial charge in [-0.15, -0.1) is 0 Å². The van der Waals surface area contributed by atoms with Crippen LogP contribution < -0.4 is 4.90 Å². The third-order valence-electron chi connectivity index (χ3n) is 3.40. The highest BCUT2D eigenvalue weighted by atomic mass is 16.5. The molecular weight excluding hydrogens is 206 g/mol.